The van der Waals surface area contributed by atoms with Gasteiger partial charge in [0, 0.05) is 0 Å². The minimum absolute atomic E-state index is 0.412. The number of rotatable bonds is 4. The van der Waals surface area contributed by atoms with Crippen LogP contribution in [-0.2, 0) is 4.79 Å². The first kappa shape index (κ1) is 15.6. The average Bonchev–Trinajstić information content (AvgIpc) is 2.28. The minimum atomic E-state index is -4.42. The van der Waals surface area contributed by atoms with Crippen LogP contribution >= 0.6 is 11.6 Å². The first-order chi connectivity index (χ1) is 8.69. The molecule has 0 saturated carbocycles. The smallest absolute Gasteiger partial charge is 0.373 e. The standard InChI is InChI=1S/C12H14ClF3N2O/c1-7-3-4-10(9(13)5-7)18-8(2)11(19)17-6-12(14,15)16/h3-5,8,18H,6H2,1-2H3,(H,17,19). The molecule has 1 rings (SSSR count). The summed E-state index contributed by atoms with van der Waals surface area (Å²) in [6.45, 7) is 1.97. The number of halogens is 4. The SMILES string of the molecule is Cc1ccc(NC(C)C(=O)NCC(F)(F)F)c(Cl)c1. The Labute approximate surface area is 114 Å². The third kappa shape index (κ3) is 5.38. The lowest BCUT2D eigenvalue weighted by Gasteiger charge is -2.17. The number of amides is 1. The van der Waals surface area contributed by atoms with E-state index < -0.39 is 24.7 Å². The molecule has 0 aliphatic rings. The summed E-state index contributed by atoms with van der Waals surface area (Å²) in [5.41, 5.74) is 1.45. The third-order valence-electron chi connectivity index (χ3n) is 2.35. The highest BCUT2D eigenvalue weighted by Gasteiger charge is 2.28. The van der Waals surface area contributed by atoms with Crippen LogP contribution in [-0.4, -0.2) is 24.7 Å². The molecule has 19 heavy (non-hydrogen) atoms. The summed E-state index contributed by atoms with van der Waals surface area (Å²) in [5.74, 6) is -0.742. The van der Waals surface area contributed by atoms with Crippen LogP contribution in [0, 0.1) is 6.92 Å². The zero-order valence-corrected chi connectivity index (χ0v) is 11.2. The molecule has 1 unspecified atom stereocenters. The number of nitrogens with one attached hydrogen (secondary N) is 2. The largest absolute Gasteiger partial charge is 0.405 e. The second-order valence-corrected chi connectivity index (χ2v) is 4.59. The molecule has 0 aliphatic carbocycles. The highest BCUT2D eigenvalue weighted by molar-refractivity contribution is 6.33. The molecule has 1 atom stereocenters. The van der Waals surface area contributed by atoms with Gasteiger partial charge in [0.15, 0.2) is 0 Å². The zero-order valence-electron chi connectivity index (χ0n) is 10.4. The number of hydrogen-bond donors (Lipinski definition) is 2. The van der Waals surface area contributed by atoms with Gasteiger partial charge in [-0.05, 0) is 31.5 Å². The van der Waals surface area contributed by atoms with Crippen LogP contribution in [0.4, 0.5) is 18.9 Å². The Bertz CT molecular complexity index is 463. The van der Waals surface area contributed by atoms with Gasteiger partial charge in [-0.15, -0.1) is 0 Å². The molecule has 2 N–H and O–H groups in total. The maximum Gasteiger partial charge on any atom is 0.405 e. The van der Waals surface area contributed by atoms with Crippen LogP contribution in [0.25, 0.3) is 0 Å². The molecular weight excluding hydrogens is 281 g/mol. The lowest BCUT2D eigenvalue weighted by Crippen LogP contribution is -2.42. The predicted octanol–water partition coefficient (Wildman–Crippen LogP) is 3.13. The number of benzene rings is 1. The van der Waals surface area contributed by atoms with Crippen molar-refractivity contribution in [1.82, 2.24) is 5.32 Å². The number of alkyl halides is 3. The van der Waals surface area contributed by atoms with E-state index in [4.69, 9.17) is 11.6 Å². The second kappa shape index (κ2) is 6.14. The van der Waals surface area contributed by atoms with Gasteiger partial charge in [-0.25, -0.2) is 0 Å². The van der Waals surface area contributed by atoms with Crippen LogP contribution in [0.5, 0.6) is 0 Å². The van der Waals surface area contributed by atoms with Crippen LogP contribution in [0.3, 0.4) is 0 Å². The summed E-state index contributed by atoms with van der Waals surface area (Å²) in [7, 11) is 0. The Kier molecular flexibility index (Phi) is 5.05. The van der Waals surface area contributed by atoms with Gasteiger partial charge in [-0.1, -0.05) is 17.7 Å². The van der Waals surface area contributed by atoms with E-state index >= 15 is 0 Å². The second-order valence-electron chi connectivity index (χ2n) is 4.18. The molecule has 1 aromatic carbocycles. The quantitative estimate of drug-likeness (QED) is 0.896. The molecule has 1 aromatic rings. The molecule has 0 spiro atoms. The summed E-state index contributed by atoms with van der Waals surface area (Å²) in [4.78, 5) is 11.5. The Hall–Kier alpha value is -1.43. The fourth-order valence-electron chi connectivity index (χ4n) is 1.38. The third-order valence-corrected chi connectivity index (χ3v) is 2.67. The van der Waals surface area contributed by atoms with Gasteiger partial charge >= 0.3 is 6.18 Å². The van der Waals surface area contributed by atoms with Gasteiger partial charge < -0.3 is 10.6 Å². The topological polar surface area (TPSA) is 41.1 Å². The van der Waals surface area contributed by atoms with E-state index in [0.717, 1.165) is 5.56 Å². The van der Waals surface area contributed by atoms with Crippen molar-refractivity contribution in [2.45, 2.75) is 26.1 Å². The molecule has 3 nitrogen and oxygen atoms in total. The fraction of sp³-hybridized carbons (Fsp3) is 0.417. The lowest BCUT2D eigenvalue weighted by molar-refractivity contribution is -0.138. The monoisotopic (exact) mass is 294 g/mol. The normalized spacial score (nSPS) is 12.9. The number of anilines is 1. The molecule has 0 saturated heterocycles. The van der Waals surface area contributed by atoms with Crippen molar-refractivity contribution in [3.63, 3.8) is 0 Å². The minimum Gasteiger partial charge on any atom is -0.373 e. The van der Waals surface area contributed by atoms with Crippen molar-refractivity contribution < 1.29 is 18.0 Å². The van der Waals surface area contributed by atoms with Crippen LogP contribution < -0.4 is 10.6 Å². The van der Waals surface area contributed by atoms with Crippen LogP contribution in [0.2, 0.25) is 5.02 Å². The maximum absolute atomic E-state index is 12.0. The van der Waals surface area contributed by atoms with Gasteiger partial charge in [0.05, 0.1) is 10.7 Å². The summed E-state index contributed by atoms with van der Waals surface area (Å²) >= 11 is 5.95. The number of carbonyl (C=O) groups excluding carboxylic acids is 1. The van der Waals surface area contributed by atoms with Crippen molar-refractivity contribution in [1.29, 1.82) is 0 Å². The van der Waals surface area contributed by atoms with E-state index in [1.165, 1.54) is 6.92 Å². The molecule has 1 amide bonds. The van der Waals surface area contributed by atoms with E-state index in [-0.39, 0.29) is 0 Å². The van der Waals surface area contributed by atoms with Crippen molar-refractivity contribution in [3.05, 3.63) is 28.8 Å². The van der Waals surface area contributed by atoms with Crippen molar-refractivity contribution in [3.8, 4) is 0 Å². The van der Waals surface area contributed by atoms with Gasteiger partial charge in [0.2, 0.25) is 5.91 Å². The molecule has 0 radical (unpaired) electrons. The van der Waals surface area contributed by atoms with Gasteiger partial charge in [-0.3, -0.25) is 4.79 Å². The van der Waals surface area contributed by atoms with Crippen molar-refractivity contribution >= 4 is 23.2 Å². The first-order valence-electron chi connectivity index (χ1n) is 5.56. The van der Waals surface area contributed by atoms with E-state index in [1.807, 2.05) is 6.92 Å². The summed E-state index contributed by atoms with van der Waals surface area (Å²) < 4.78 is 35.9. The highest BCUT2D eigenvalue weighted by atomic mass is 35.5. The maximum atomic E-state index is 12.0. The Morgan fingerprint density at radius 2 is 2.05 bits per heavy atom. The number of hydrogen-bond acceptors (Lipinski definition) is 2. The van der Waals surface area contributed by atoms with E-state index in [9.17, 15) is 18.0 Å². The lowest BCUT2D eigenvalue weighted by atomic mass is 10.2. The predicted molar refractivity (Wildman–Crippen MR) is 68.3 cm³/mol. The summed E-state index contributed by atoms with van der Waals surface area (Å²) in [6, 6.07) is 4.34. The van der Waals surface area contributed by atoms with Crippen LogP contribution in [0.1, 0.15) is 12.5 Å². The molecule has 7 heteroatoms. The number of aryl methyl sites for hydroxylation is 1. The average molecular weight is 295 g/mol. The van der Waals surface area contributed by atoms with E-state index in [2.05, 4.69) is 5.32 Å². The molecule has 0 aliphatic heterocycles. The Balaban J connectivity index is 2.59. The molecule has 0 aromatic heterocycles. The van der Waals surface area contributed by atoms with E-state index in [0.29, 0.717) is 10.7 Å². The summed E-state index contributed by atoms with van der Waals surface area (Å²) in [5, 5.41) is 4.98. The Morgan fingerprint density at radius 1 is 1.42 bits per heavy atom. The highest BCUT2D eigenvalue weighted by Crippen LogP contribution is 2.23. The molecule has 0 heterocycles. The van der Waals surface area contributed by atoms with Crippen molar-refractivity contribution in [2.75, 3.05) is 11.9 Å². The van der Waals surface area contributed by atoms with Crippen LogP contribution in [0.15, 0.2) is 18.2 Å². The van der Waals surface area contributed by atoms with Gasteiger partial charge in [0.25, 0.3) is 0 Å². The van der Waals surface area contributed by atoms with Crippen molar-refractivity contribution in [2.24, 2.45) is 0 Å². The Morgan fingerprint density at radius 3 is 2.58 bits per heavy atom. The molecular formula is C12H14ClF3N2O. The van der Waals surface area contributed by atoms with Gasteiger partial charge in [0.1, 0.15) is 12.6 Å². The van der Waals surface area contributed by atoms with E-state index in [1.54, 1.807) is 23.5 Å². The summed E-state index contributed by atoms with van der Waals surface area (Å²) in [6.07, 6.45) is -4.42. The first-order valence-corrected chi connectivity index (χ1v) is 5.94. The van der Waals surface area contributed by atoms with Gasteiger partial charge in [-0.2, -0.15) is 13.2 Å². The fourth-order valence-corrected chi connectivity index (χ4v) is 1.67. The zero-order chi connectivity index (χ0) is 14.6. The molecule has 0 fully saturated rings. The molecule has 106 valence electrons. The number of carbonyl (C=O) groups is 1. The molecule has 0 bridgehead atoms.